The summed E-state index contributed by atoms with van der Waals surface area (Å²) in [6.07, 6.45) is 4.66. The second-order valence-corrected chi connectivity index (χ2v) is 4.33. The lowest BCUT2D eigenvalue weighted by atomic mass is 10.0. The van der Waals surface area contributed by atoms with Crippen LogP contribution in [0.1, 0.15) is 39.5 Å². The molecule has 88 valence electrons. The Morgan fingerprint density at radius 3 is 2.60 bits per heavy atom. The Morgan fingerprint density at radius 2 is 2.00 bits per heavy atom. The predicted molar refractivity (Wildman–Crippen MR) is 60.7 cm³/mol. The molecule has 1 aliphatic rings. The molecule has 0 radical (unpaired) electrons. The quantitative estimate of drug-likeness (QED) is 0.654. The van der Waals surface area contributed by atoms with E-state index in [4.69, 9.17) is 4.74 Å². The molecule has 0 bridgehead atoms. The number of carbonyl (C=O) groups is 1. The number of unbranched alkanes of at least 4 members (excludes halogenated alkanes) is 2. The van der Waals surface area contributed by atoms with Gasteiger partial charge in [0.2, 0.25) is 5.91 Å². The van der Waals surface area contributed by atoms with E-state index in [-0.39, 0.29) is 5.92 Å². The van der Waals surface area contributed by atoms with Crippen molar-refractivity contribution in [1.82, 2.24) is 4.90 Å². The Labute approximate surface area is 92.8 Å². The second-order valence-electron chi connectivity index (χ2n) is 4.33. The molecule has 15 heavy (non-hydrogen) atoms. The van der Waals surface area contributed by atoms with Crippen LogP contribution in [0, 0.1) is 5.92 Å². The SMILES string of the molecule is CCCCC[C@H](C)C(=O)N1CCOCC1. The van der Waals surface area contributed by atoms with Gasteiger partial charge in [0.1, 0.15) is 0 Å². The molecule has 0 unspecified atom stereocenters. The average molecular weight is 213 g/mol. The molecule has 1 fully saturated rings. The largest absolute Gasteiger partial charge is 0.378 e. The van der Waals surface area contributed by atoms with Crippen molar-refractivity contribution < 1.29 is 9.53 Å². The van der Waals surface area contributed by atoms with Gasteiger partial charge in [-0.25, -0.2) is 0 Å². The van der Waals surface area contributed by atoms with E-state index in [1.165, 1.54) is 19.3 Å². The van der Waals surface area contributed by atoms with E-state index < -0.39 is 0 Å². The molecule has 0 aromatic carbocycles. The number of morpholine rings is 1. The molecule has 1 atom stereocenters. The monoisotopic (exact) mass is 213 g/mol. The molecule has 1 heterocycles. The van der Waals surface area contributed by atoms with Crippen LogP contribution in [-0.2, 0) is 9.53 Å². The maximum atomic E-state index is 12.0. The lowest BCUT2D eigenvalue weighted by Crippen LogP contribution is -2.43. The minimum Gasteiger partial charge on any atom is -0.378 e. The standard InChI is InChI=1S/C12H23NO2/c1-3-4-5-6-11(2)12(14)13-7-9-15-10-8-13/h11H,3-10H2,1-2H3/t11-/m0/s1. The van der Waals surface area contributed by atoms with Gasteiger partial charge in [-0.1, -0.05) is 33.1 Å². The third-order valence-electron chi connectivity index (χ3n) is 2.99. The van der Waals surface area contributed by atoms with Crippen LogP contribution in [0.3, 0.4) is 0 Å². The van der Waals surface area contributed by atoms with E-state index in [1.807, 2.05) is 11.8 Å². The van der Waals surface area contributed by atoms with Crippen molar-refractivity contribution in [2.24, 2.45) is 5.92 Å². The summed E-state index contributed by atoms with van der Waals surface area (Å²) >= 11 is 0. The van der Waals surface area contributed by atoms with Crippen molar-refractivity contribution in [1.29, 1.82) is 0 Å². The third-order valence-corrected chi connectivity index (χ3v) is 2.99. The maximum Gasteiger partial charge on any atom is 0.225 e. The third kappa shape index (κ3) is 4.20. The van der Waals surface area contributed by atoms with Crippen molar-refractivity contribution in [3.8, 4) is 0 Å². The minimum absolute atomic E-state index is 0.189. The van der Waals surface area contributed by atoms with Gasteiger partial charge in [-0.3, -0.25) is 4.79 Å². The van der Waals surface area contributed by atoms with Crippen LogP contribution in [0.15, 0.2) is 0 Å². The minimum atomic E-state index is 0.189. The molecule has 3 nitrogen and oxygen atoms in total. The van der Waals surface area contributed by atoms with Crippen LogP contribution in [0.4, 0.5) is 0 Å². The molecule has 1 saturated heterocycles. The molecule has 0 N–H and O–H groups in total. The number of hydrogen-bond acceptors (Lipinski definition) is 2. The molecule has 0 spiro atoms. The summed E-state index contributed by atoms with van der Waals surface area (Å²) in [5.74, 6) is 0.504. The topological polar surface area (TPSA) is 29.5 Å². The normalized spacial score (nSPS) is 18.9. The summed E-state index contributed by atoms with van der Waals surface area (Å²) < 4.78 is 5.23. The van der Waals surface area contributed by atoms with E-state index in [0.717, 1.165) is 19.5 Å². The molecule has 1 rings (SSSR count). The van der Waals surface area contributed by atoms with Crippen LogP contribution >= 0.6 is 0 Å². The first kappa shape index (κ1) is 12.5. The summed E-state index contributed by atoms with van der Waals surface area (Å²) in [5.41, 5.74) is 0. The van der Waals surface area contributed by atoms with E-state index >= 15 is 0 Å². The van der Waals surface area contributed by atoms with Gasteiger partial charge in [0.15, 0.2) is 0 Å². The zero-order chi connectivity index (χ0) is 11.1. The van der Waals surface area contributed by atoms with Gasteiger partial charge in [0, 0.05) is 19.0 Å². The Bertz CT molecular complexity index is 188. The summed E-state index contributed by atoms with van der Waals surface area (Å²) in [7, 11) is 0. The van der Waals surface area contributed by atoms with E-state index in [1.54, 1.807) is 0 Å². The summed E-state index contributed by atoms with van der Waals surface area (Å²) in [4.78, 5) is 13.9. The Morgan fingerprint density at radius 1 is 1.33 bits per heavy atom. The Balaban J connectivity index is 2.24. The fourth-order valence-electron chi connectivity index (χ4n) is 1.92. The predicted octanol–water partition coefficient (Wildman–Crippen LogP) is 2.06. The van der Waals surface area contributed by atoms with Crippen LogP contribution < -0.4 is 0 Å². The first-order valence-electron chi connectivity index (χ1n) is 6.12. The van der Waals surface area contributed by atoms with Crippen molar-refractivity contribution in [3.63, 3.8) is 0 Å². The molecular weight excluding hydrogens is 190 g/mol. The van der Waals surface area contributed by atoms with E-state index in [9.17, 15) is 4.79 Å². The molecule has 0 aromatic heterocycles. The van der Waals surface area contributed by atoms with Crippen molar-refractivity contribution >= 4 is 5.91 Å². The number of hydrogen-bond donors (Lipinski definition) is 0. The lowest BCUT2D eigenvalue weighted by molar-refractivity contribution is -0.139. The lowest BCUT2D eigenvalue weighted by Gasteiger charge is -2.29. The highest BCUT2D eigenvalue weighted by Crippen LogP contribution is 2.13. The maximum absolute atomic E-state index is 12.0. The van der Waals surface area contributed by atoms with Gasteiger partial charge >= 0.3 is 0 Å². The molecule has 1 aliphatic heterocycles. The van der Waals surface area contributed by atoms with Gasteiger partial charge in [0.25, 0.3) is 0 Å². The van der Waals surface area contributed by atoms with Crippen LogP contribution in [0.5, 0.6) is 0 Å². The van der Waals surface area contributed by atoms with Gasteiger partial charge in [-0.2, -0.15) is 0 Å². The zero-order valence-electron chi connectivity index (χ0n) is 10.00. The Hall–Kier alpha value is -0.570. The highest BCUT2D eigenvalue weighted by Gasteiger charge is 2.21. The van der Waals surface area contributed by atoms with Gasteiger partial charge in [0.05, 0.1) is 13.2 Å². The molecule has 0 aromatic rings. The Kier molecular flexibility index (Phi) is 5.69. The number of ether oxygens (including phenoxy) is 1. The van der Waals surface area contributed by atoms with Crippen LogP contribution in [0.2, 0.25) is 0 Å². The molecule has 1 amide bonds. The molecule has 0 saturated carbocycles. The fraction of sp³-hybridized carbons (Fsp3) is 0.917. The van der Waals surface area contributed by atoms with E-state index in [2.05, 4.69) is 6.92 Å². The number of rotatable bonds is 5. The number of carbonyl (C=O) groups excluding carboxylic acids is 1. The smallest absolute Gasteiger partial charge is 0.225 e. The summed E-state index contributed by atoms with van der Waals surface area (Å²) in [6.45, 7) is 7.19. The van der Waals surface area contributed by atoms with Gasteiger partial charge in [-0.15, -0.1) is 0 Å². The summed E-state index contributed by atoms with van der Waals surface area (Å²) in [5, 5.41) is 0. The molecule has 3 heteroatoms. The van der Waals surface area contributed by atoms with Crippen molar-refractivity contribution in [2.45, 2.75) is 39.5 Å². The van der Waals surface area contributed by atoms with Crippen molar-refractivity contribution in [2.75, 3.05) is 26.3 Å². The highest BCUT2D eigenvalue weighted by atomic mass is 16.5. The first-order valence-corrected chi connectivity index (χ1v) is 6.12. The molecular formula is C12H23NO2. The highest BCUT2D eigenvalue weighted by molar-refractivity contribution is 5.78. The van der Waals surface area contributed by atoms with Gasteiger partial charge in [-0.05, 0) is 6.42 Å². The van der Waals surface area contributed by atoms with Gasteiger partial charge < -0.3 is 9.64 Å². The zero-order valence-corrected chi connectivity index (χ0v) is 10.00. The first-order chi connectivity index (χ1) is 7.25. The van der Waals surface area contributed by atoms with E-state index in [0.29, 0.717) is 19.1 Å². The van der Waals surface area contributed by atoms with Crippen LogP contribution in [0.25, 0.3) is 0 Å². The average Bonchev–Trinajstić information content (AvgIpc) is 2.29. The molecule has 0 aliphatic carbocycles. The number of nitrogens with zero attached hydrogens (tertiary/aromatic N) is 1. The van der Waals surface area contributed by atoms with Crippen molar-refractivity contribution in [3.05, 3.63) is 0 Å². The number of amides is 1. The fourth-order valence-corrected chi connectivity index (χ4v) is 1.92. The second kappa shape index (κ2) is 6.83. The van der Waals surface area contributed by atoms with Crippen LogP contribution in [-0.4, -0.2) is 37.1 Å². The summed E-state index contributed by atoms with van der Waals surface area (Å²) in [6, 6.07) is 0.